The number of hydrogen-bond donors (Lipinski definition) is 2. The molecular weight excluding hydrogens is 312 g/mol. The molecule has 0 atom stereocenters. The molecule has 1 aliphatic rings. The third kappa shape index (κ3) is 3.29. The van der Waals surface area contributed by atoms with Crippen molar-refractivity contribution >= 4 is 41.4 Å². The lowest BCUT2D eigenvalue weighted by Gasteiger charge is -1.97. The number of nitrogens with one attached hydrogen (secondary N) is 2. The van der Waals surface area contributed by atoms with Crippen molar-refractivity contribution < 1.29 is 14.0 Å². The molecule has 0 unspecified atom stereocenters. The van der Waals surface area contributed by atoms with Gasteiger partial charge in [-0.25, -0.2) is 4.79 Å². The van der Waals surface area contributed by atoms with Crippen LogP contribution in [0.3, 0.4) is 0 Å². The SMILES string of the molecule is O=C1NC(=O)/C(=C\c2ccc(Sc3ccc(Cl)cc3)o2)N1. The van der Waals surface area contributed by atoms with Crippen LogP contribution in [0.2, 0.25) is 5.02 Å². The van der Waals surface area contributed by atoms with Crippen LogP contribution in [0.25, 0.3) is 6.08 Å². The Labute approximate surface area is 129 Å². The minimum Gasteiger partial charge on any atom is -0.450 e. The summed E-state index contributed by atoms with van der Waals surface area (Å²) in [7, 11) is 0. The van der Waals surface area contributed by atoms with E-state index >= 15 is 0 Å². The molecule has 21 heavy (non-hydrogen) atoms. The maximum absolute atomic E-state index is 11.4. The van der Waals surface area contributed by atoms with Gasteiger partial charge in [0.15, 0.2) is 5.09 Å². The van der Waals surface area contributed by atoms with E-state index in [1.165, 1.54) is 17.8 Å². The molecule has 2 heterocycles. The molecule has 0 bridgehead atoms. The zero-order valence-electron chi connectivity index (χ0n) is 10.6. The summed E-state index contributed by atoms with van der Waals surface area (Å²) in [6.07, 6.45) is 1.48. The van der Waals surface area contributed by atoms with E-state index in [1.807, 2.05) is 12.1 Å². The molecule has 1 saturated heterocycles. The van der Waals surface area contributed by atoms with Crippen molar-refractivity contribution in [3.8, 4) is 0 Å². The van der Waals surface area contributed by atoms with Gasteiger partial charge in [-0.1, -0.05) is 23.4 Å². The Bertz CT molecular complexity index is 737. The highest BCUT2D eigenvalue weighted by Crippen LogP contribution is 2.30. The molecule has 1 aliphatic heterocycles. The van der Waals surface area contributed by atoms with Crippen LogP contribution in [0.4, 0.5) is 4.79 Å². The predicted molar refractivity (Wildman–Crippen MR) is 78.9 cm³/mol. The molecule has 3 rings (SSSR count). The monoisotopic (exact) mass is 320 g/mol. The first-order chi connectivity index (χ1) is 10.1. The molecule has 5 nitrogen and oxygen atoms in total. The van der Waals surface area contributed by atoms with Crippen LogP contribution in [0.15, 0.2) is 56.5 Å². The van der Waals surface area contributed by atoms with Gasteiger partial charge in [0.25, 0.3) is 5.91 Å². The molecule has 1 fully saturated rings. The number of hydrogen-bond acceptors (Lipinski definition) is 4. The van der Waals surface area contributed by atoms with E-state index in [0.29, 0.717) is 15.9 Å². The van der Waals surface area contributed by atoms with Gasteiger partial charge in [-0.2, -0.15) is 0 Å². The fraction of sp³-hybridized carbons (Fsp3) is 0. The molecule has 106 valence electrons. The van der Waals surface area contributed by atoms with Gasteiger partial charge in [-0.15, -0.1) is 0 Å². The zero-order chi connectivity index (χ0) is 14.8. The Morgan fingerprint density at radius 2 is 1.81 bits per heavy atom. The lowest BCUT2D eigenvalue weighted by atomic mass is 10.3. The van der Waals surface area contributed by atoms with Crippen molar-refractivity contribution in [2.24, 2.45) is 0 Å². The number of carbonyl (C=O) groups excluding carboxylic acids is 2. The Balaban J connectivity index is 1.74. The molecule has 0 saturated carbocycles. The van der Waals surface area contributed by atoms with Gasteiger partial charge in [0.1, 0.15) is 11.5 Å². The predicted octanol–water partition coefficient (Wildman–Crippen LogP) is 3.26. The third-order valence-corrected chi connectivity index (χ3v) is 3.82. The van der Waals surface area contributed by atoms with E-state index in [2.05, 4.69) is 10.6 Å². The van der Waals surface area contributed by atoms with E-state index < -0.39 is 11.9 Å². The Kier molecular flexibility index (Phi) is 3.72. The van der Waals surface area contributed by atoms with Gasteiger partial charge < -0.3 is 9.73 Å². The van der Waals surface area contributed by atoms with E-state index in [0.717, 1.165) is 4.90 Å². The standard InChI is InChI=1S/C14H9ClN2O3S/c15-8-1-4-10(5-2-8)21-12-6-3-9(20-12)7-11-13(18)17-14(19)16-11/h1-7H,(H2,16,17,18,19)/b11-7+. The highest BCUT2D eigenvalue weighted by Gasteiger charge is 2.23. The van der Waals surface area contributed by atoms with Crippen LogP contribution in [0.1, 0.15) is 5.76 Å². The number of rotatable bonds is 3. The second kappa shape index (κ2) is 5.67. The minimum absolute atomic E-state index is 0.164. The van der Waals surface area contributed by atoms with E-state index in [4.69, 9.17) is 16.0 Å². The average Bonchev–Trinajstić information content (AvgIpc) is 3.00. The second-order valence-corrected chi connectivity index (χ2v) is 5.69. The molecule has 7 heteroatoms. The number of halogens is 1. The smallest absolute Gasteiger partial charge is 0.326 e. The normalized spacial score (nSPS) is 16.1. The lowest BCUT2D eigenvalue weighted by Crippen LogP contribution is -2.22. The highest BCUT2D eigenvalue weighted by atomic mass is 35.5. The van der Waals surface area contributed by atoms with Crippen molar-refractivity contribution in [1.29, 1.82) is 0 Å². The Morgan fingerprint density at radius 3 is 2.48 bits per heavy atom. The summed E-state index contributed by atoms with van der Waals surface area (Å²) < 4.78 is 5.59. The Morgan fingerprint density at radius 1 is 1.05 bits per heavy atom. The molecule has 0 radical (unpaired) electrons. The van der Waals surface area contributed by atoms with Gasteiger partial charge in [0.2, 0.25) is 0 Å². The summed E-state index contributed by atoms with van der Waals surface area (Å²) in [4.78, 5) is 23.4. The van der Waals surface area contributed by atoms with Crippen molar-refractivity contribution in [3.05, 3.63) is 52.9 Å². The molecule has 1 aromatic carbocycles. The topological polar surface area (TPSA) is 71.3 Å². The van der Waals surface area contributed by atoms with Crippen LogP contribution in [0, 0.1) is 0 Å². The van der Waals surface area contributed by atoms with E-state index in [-0.39, 0.29) is 5.70 Å². The molecule has 2 N–H and O–H groups in total. The minimum atomic E-state index is -0.534. The first-order valence-electron chi connectivity index (χ1n) is 5.97. The van der Waals surface area contributed by atoms with Crippen molar-refractivity contribution in [2.75, 3.05) is 0 Å². The van der Waals surface area contributed by atoms with Crippen molar-refractivity contribution in [3.63, 3.8) is 0 Å². The third-order valence-electron chi connectivity index (χ3n) is 2.64. The lowest BCUT2D eigenvalue weighted by molar-refractivity contribution is -0.115. The zero-order valence-corrected chi connectivity index (χ0v) is 12.1. The molecule has 3 amide bonds. The maximum Gasteiger partial charge on any atom is 0.326 e. The number of amides is 3. The summed E-state index contributed by atoms with van der Waals surface area (Å²) in [6.45, 7) is 0. The number of urea groups is 1. The molecule has 0 aliphatic carbocycles. The van der Waals surface area contributed by atoms with Crippen molar-refractivity contribution in [1.82, 2.24) is 10.6 Å². The van der Waals surface area contributed by atoms with Crippen LogP contribution in [-0.4, -0.2) is 11.9 Å². The van der Waals surface area contributed by atoms with Gasteiger partial charge >= 0.3 is 6.03 Å². The van der Waals surface area contributed by atoms with Crippen LogP contribution >= 0.6 is 23.4 Å². The largest absolute Gasteiger partial charge is 0.450 e. The highest BCUT2D eigenvalue weighted by molar-refractivity contribution is 7.99. The first kappa shape index (κ1) is 13.8. The van der Waals surface area contributed by atoms with E-state index in [9.17, 15) is 9.59 Å². The molecule has 2 aromatic rings. The van der Waals surface area contributed by atoms with Gasteiger partial charge in [0.05, 0.1) is 0 Å². The molecule has 1 aromatic heterocycles. The quantitative estimate of drug-likeness (QED) is 0.672. The summed E-state index contributed by atoms with van der Waals surface area (Å²) in [6, 6.07) is 10.4. The summed E-state index contributed by atoms with van der Waals surface area (Å²) >= 11 is 7.26. The average molecular weight is 321 g/mol. The molecule has 0 spiro atoms. The van der Waals surface area contributed by atoms with Gasteiger partial charge in [-0.3, -0.25) is 10.1 Å². The van der Waals surface area contributed by atoms with Gasteiger partial charge in [0, 0.05) is 16.0 Å². The fourth-order valence-electron chi connectivity index (χ4n) is 1.71. The number of imide groups is 1. The number of furan rings is 1. The fourth-order valence-corrected chi connectivity index (χ4v) is 2.61. The van der Waals surface area contributed by atoms with Crippen LogP contribution in [-0.2, 0) is 4.79 Å². The van der Waals surface area contributed by atoms with Crippen LogP contribution in [0.5, 0.6) is 0 Å². The number of benzene rings is 1. The van der Waals surface area contributed by atoms with Gasteiger partial charge in [-0.05, 0) is 36.4 Å². The number of carbonyl (C=O) groups is 2. The summed E-state index contributed by atoms with van der Waals surface area (Å²) in [5.74, 6) is 0.0158. The van der Waals surface area contributed by atoms with E-state index in [1.54, 1.807) is 24.3 Å². The summed E-state index contributed by atoms with van der Waals surface area (Å²) in [5, 5.41) is 5.87. The first-order valence-corrected chi connectivity index (χ1v) is 7.17. The van der Waals surface area contributed by atoms with Crippen molar-refractivity contribution in [2.45, 2.75) is 9.99 Å². The summed E-state index contributed by atoms with van der Waals surface area (Å²) in [5.41, 5.74) is 0.164. The maximum atomic E-state index is 11.4. The Hall–Kier alpha value is -2.18. The van der Waals surface area contributed by atoms with Crippen LogP contribution < -0.4 is 10.6 Å². The second-order valence-electron chi connectivity index (χ2n) is 4.18. The molecular formula is C14H9ClN2O3S.